The van der Waals surface area contributed by atoms with Gasteiger partial charge in [0.2, 0.25) is 0 Å². The SMILES string of the molecule is CCC(C(=O)O)N1C(=O)NC(CC)(c2ccc(C)cc2C)C1=O. The zero-order chi connectivity index (χ0) is 17.4. The molecule has 23 heavy (non-hydrogen) atoms. The number of carboxylic acid groups (broad SMARTS) is 1. The summed E-state index contributed by atoms with van der Waals surface area (Å²) in [5.41, 5.74) is 1.47. The van der Waals surface area contributed by atoms with Crippen molar-refractivity contribution < 1.29 is 19.5 Å². The van der Waals surface area contributed by atoms with Gasteiger partial charge in [0.1, 0.15) is 11.6 Å². The van der Waals surface area contributed by atoms with Gasteiger partial charge in [-0.1, -0.05) is 37.6 Å². The Morgan fingerprint density at radius 1 is 1.30 bits per heavy atom. The van der Waals surface area contributed by atoms with Crippen LogP contribution in [0.4, 0.5) is 4.79 Å². The van der Waals surface area contributed by atoms with E-state index in [0.717, 1.165) is 16.0 Å². The smallest absolute Gasteiger partial charge is 0.326 e. The van der Waals surface area contributed by atoms with E-state index >= 15 is 0 Å². The first-order valence-electron chi connectivity index (χ1n) is 7.74. The molecule has 2 N–H and O–H groups in total. The summed E-state index contributed by atoms with van der Waals surface area (Å²) in [7, 11) is 0. The highest BCUT2D eigenvalue weighted by Gasteiger charge is 2.54. The fraction of sp³-hybridized carbons (Fsp3) is 0.471. The molecule has 1 aliphatic rings. The van der Waals surface area contributed by atoms with E-state index in [-0.39, 0.29) is 6.42 Å². The van der Waals surface area contributed by atoms with Crippen LogP contribution in [0.1, 0.15) is 43.4 Å². The lowest BCUT2D eigenvalue weighted by atomic mass is 9.83. The van der Waals surface area contributed by atoms with Crippen molar-refractivity contribution in [3.8, 4) is 0 Å². The lowest BCUT2D eigenvalue weighted by Crippen LogP contribution is -2.47. The molecule has 2 rings (SSSR count). The van der Waals surface area contributed by atoms with Crippen molar-refractivity contribution in [2.75, 3.05) is 0 Å². The third kappa shape index (κ3) is 2.58. The van der Waals surface area contributed by atoms with Crippen molar-refractivity contribution in [1.82, 2.24) is 10.2 Å². The summed E-state index contributed by atoms with van der Waals surface area (Å²) >= 11 is 0. The normalized spacial score (nSPS) is 22.2. The first kappa shape index (κ1) is 17.0. The van der Waals surface area contributed by atoms with E-state index in [1.807, 2.05) is 39.0 Å². The van der Waals surface area contributed by atoms with E-state index in [9.17, 15) is 19.5 Å². The molecule has 1 saturated heterocycles. The highest BCUT2D eigenvalue weighted by Crippen LogP contribution is 2.35. The maximum atomic E-state index is 13.0. The van der Waals surface area contributed by atoms with E-state index in [1.54, 1.807) is 6.92 Å². The van der Waals surface area contributed by atoms with E-state index in [1.165, 1.54) is 0 Å². The lowest BCUT2D eigenvalue weighted by Gasteiger charge is -2.28. The molecule has 1 aliphatic heterocycles. The monoisotopic (exact) mass is 318 g/mol. The summed E-state index contributed by atoms with van der Waals surface area (Å²) < 4.78 is 0. The number of carboxylic acids is 1. The summed E-state index contributed by atoms with van der Waals surface area (Å²) in [6, 6.07) is 3.87. The molecule has 2 atom stereocenters. The van der Waals surface area contributed by atoms with Gasteiger partial charge in [-0.15, -0.1) is 0 Å². The Kier molecular flexibility index (Phi) is 4.45. The van der Waals surface area contributed by atoms with Crippen LogP contribution in [0.5, 0.6) is 0 Å². The molecular weight excluding hydrogens is 296 g/mol. The third-order valence-corrected chi connectivity index (χ3v) is 4.48. The largest absolute Gasteiger partial charge is 0.480 e. The number of carbonyl (C=O) groups excluding carboxylic acids is 2. The molecule has 3 amide bonds. The molecule has 6 heteroatoms. The predicted octanol–water partition coefficient (Wildman–Crippen LogP) is 2.32. The van der Waals surface area contributed by atoms with Crippen molar-refractivity contribution in [1.29, 1.82) is 0 Å². The molecule has 0 aliphatic carbocycles. The van der Waals surface area contributed by atoms with Gasteiger partial charge in [0.25, 0.3) is 5.91 Å². The molecule has 1 aromatic carbocycles. The minimum absolute atomic E-state index is 0.168. The number of aliphatic carboxylic acids is 1. The van der Waals surface area contributed by atoms with E-state index in [0.29, 0.717) is 12.0 Å². The Balaban J connectivity index is 2.54. The number of aryl methyl sites for hydroxylation is 2. The van der Waals surface area contributed by atoms with Gasteiger partial charge < -0.3 is 10.4 Å². The van der Waals surface area contributed by atoms with Crippen molar-refractivity contribution >= 4 is 17.9 Å². The van der Waals surface area contributed by atoms with Gasteiger partial charge in [-0.2, -0.15) is 0 Å². The molecule has 1 fully saturated rings. The number of nitrogens with one attached hydrogen (secondary N) is 1. The van der Waals surface area contributed by atoms with E-state index in [2.05, 4.69) is 5.32 Å². The van der Waals surface area contributed by atoms with Crippen LogP contribution in [0.25, 0.3) is 0 Å². The second-order valence-electron chi connectivity index (χ2n) is 5.94. The maximum absolute atomic E-state index is 13.0. The van der Waals surface area contributed by atoms with Crippen LogP contribution in [0.15, 0.2) is 18.2 Å². The molecule has 0 saturated carbocycles. The van der Waals surface area contributed by atoms with Crippen molar-refractivity contribution in [2.24, 2.45) is 0 Å². The average molecular weight is 318 g/mol. The quantitative estimate of drug-likeness (QED) is 0.816. The number of hydrogen-bond acceptors (Lipinski definition) is 3. The summed E-state index contributed by atoms with van der Waals surface area (Å²) in [4.78, 5) is 37.6. The molecule has 0 aromatic heterocycles. The van der Waals surface area contributed by atoms with Crippen LogP contribution < -0.4 is 5.32 Å². The molecule has 0 radical (unpaired) electrons. The van der Waals surface area contributed by atoms with Gasteiger partial charge in [0.05, 0.1) is 0 Å². The fourth-order valence-electron chi connectivity index (χ4n) is 3.25. The average Bonchev–Trinajstić information content (AvgIpc) is 2.73. The van der Waals surface area contributed by atoms with Crippen molar-refractivity contribution in [2.45, 2.75) is 52.1 Å². The fourth-order valence-corrected chi connectivity index (χ4v) is 3.25. The van der Waals surface area contributed by atoms with Crippen LogP contribution >= 0.6 is 0 Å². The number of amides is 3. The molecule has 2 unspecified atom stereocenters. The number of carbonyl (C=O) groups is 3. The van der Waals surface area contributed by atoms with Gasteiger partial charge in [-0.25, -0.2) is 14.5 Å². The Labute approximate surface area is 135 Å². The molecule has 0 bridgehead atoms. The van der Waals surface area contributed by atoms with Gasteiger partial charge >= 0.3 is 12.0 Å². The van der Waals surface area contributed by atoms with Crippen LogP contribution in [-0.2, 0) is 15.1 Å². The summed E-state index contributed by atoms with van der Waals surface area (Å²) in [5.74, 6) is -1.67. The number of imide groups is 1. The van der Waals surface area contributed by atoms with Crippen molar-refractivity contribution in [3.05, 3.63) is 34.9 Å². The Morgan fingerprint density at radius 3 is 2.43 bits per heavy atom. The molecule has 6 nitrogen and oxygen atoms in total. The van der Waals surface area contributed by atoms with Gasteiger partial charge in [-0.05, 0) is 37.8 Å². The van der Waals surface area contributed by atoms with Crippen molar-refractivity contribution in [3.63, 3.8) is 0 Å². The predicted molar refractivity (Wildman–Crippen MR) is 85.0 cm³/mol. The van der Waals surface area contributed by atoms with Crippen LogP contribution in [0.2, 0.25) is 0 Å². The highest BCUT2D eigenvalue weighted by molar-refractivity contribution is 6.09. The summed E-state index contributed by atoms with van der Waals surface area (Å²) in [6.45, 7) is 7.29. The Hall–Kier alpha value is -2.37. The highest BCUT2D eigenvalue weighted by atomic mass is 16.4. The molecule has 1 aromatic rings. The van der Waals surface area contributed by atoms with Crippen LogP contribution in [0.3, 0.4) is 0 Å². The first-order chi connectivity index (χ1) is 10.8. The Morgan fingerprint density at radius 2 is 1.96 bits per heavy atom. The number of nitrogens with zero attached hydrogens (tertiary/aromatic N) is 1. The number of benzene rings is 1. The van der Waals surface area contributed by atoms with E-state index in [4.69, 9.17) is 0 Å². The van der Waals surface area contributed by atoms with Crippen LogP contribution in [-0.4, -0.2) is 34.0 Å². The maximum Gasteiger partial charge on any atom is 0.326 e. The second-order valence-corrected chi connectivity index (χ2v) is 5.94. The second kappa shape index (κ2) is 6.02. The lowest BCUT2D eigenvalue weighted by molar-refractivity contribution is -0.148. The zero-order valence-electron chi connectivity index (χ0n) is 13.8. The number of urea groups is 1. The molecule has 1 heterocycles. The summed E-state index contributed by atoms with van der Waals surface area (Å²) in [5, 5.41) is 12.0. The third-order valence-electron chi connectivity index (χ3n) is 4.48. The Bertz CT molecular complexity index is 671. The zero-order valence-corrected chi connectivity index (χ0v) is 13.8. The number of hydrogen-bond donors (Lipinski definition) is 2. The minimum Gasteiger partial charge on any atom is -0.480 e. The standard InChI is InChI=1S/C17H22N2O4/c1-5-13(14(20)21)19-15(22)17(6-2,18-16(19)23)12-8-7-10(3)9-11(12)4/h7-9,13H,5-6H2,1-4H3,(H,18,23)(H,20,21). The number of rotatable bonds is 5. The van der Waals surface area contributed by atoms with Gasteiger partial charge in [0, 0.05) is 0 Å². The van der Waals surface area contributed by atoms with Crippen LogP contribution in [0, 0.1) is 13.8 Å². The summed E-state index contributed by atoms with van der Waals surface area (Å²) in [6.07, 6.45) is 0.523. The minimum atomic E-state index is -1.20. The molecule has 0 spiro atoms. The molecule has 124 valence electrons. The topological polar surface area (TPSA) is 86.7 Å². The van der Waals surface area contributed by atoms with E-state index < -0.39 is 29.5 Å². The van der Waals surface area contributed by atoms with Gasteiger partial charge in [0.15, 0.2) is 0 Å². The molecular formula is C17H22N2O4. The van der Waals surface area contributed by atoms with Gasteiger partial charge in [-0.3, -0.25) is 4.79 Å². The first-order valence-corrected chi connectivity index (χ1v) is 7.74.